The van der Waals surface area contributed by atoms with Crippen LogP contribution >= 0.6 is 0 Å². The van der Waals surface area contributed by atoms with E-state index in [0.29, 0.717) is 6.54 Å². The average molecular weight is 204 g/mol. The Morgan fingerprint density at radius 2 is 2.29 bits per heavy atom. The standard InChI is InChI=1S/C9H17FN2O2/c1-2-7(5-11)3-4-9(12,6-10)8(13)14/h3-4,7H,2,5-6,11-12H2,1H3,(H,13,14)/b4-3+. The molecule has 0 heterocycles. The van der Waals surface area contributed by atoms with Crippen LogP contribution in [0.25, 0.3) is 0 Å². The van der Waals surface area contributed by atoms with Gasteiger partial charge < -0.3 is 16.6 Å². The SMILES string of the molecule is CCC(/C=C/C(N)(CF)C(=O)O)CN. The molecule has 4 nitrogen and oxygen atoms in total. The summed E-state index contributed by atoms with van der Waals surface area (Å²) in [5.41, 5.74) is 8.78. The highest BCUT2D eigenvalue weighted by atomic mass is 19.1. The third kappa shape index (κ3) is 3.43. The first-order valence-electron chi connectivity index (χ1n) is 4.47. The van der Waals surface area contributed by atoms with E-state index in [1.807, 2.05) is 6.92 Å². The van der Waals surface area contributed by atoms with Gasteiger partial charge in [0.1, 0.15) is 6.67 Å². The zero-order valence-corrected chi connectivity index (χ0v) is 8.24. The van der Waals surface area contributed by atoms with E-state index in [9.17, 15) is 9.18 Å². The van der Waals surface area contributed by atoms with Gasteiger partial charge in [-0.15, -0.1) is 0 Å². The van der Waals surface area contributed by atoms with E-state index in [2.05, 4.69) is 0 Å². The van der Waals surface area contributed by atoms with Crippen molar-refractivity contribution >= 4 is 5.97 Å². The van der Waals surface area contributed by atoms with Gasteiger partial charge in [0.05, 0.1) is 0 Å². The highest BCUT2D eigenvalue weighted by molar-refractivity contribution is 5.81. The van der Waals surface area contributed by atoms with Crippen LogP contribution in [0, 0.1) is 5.92 Å². The van der Waals surface area contributed by atoms with Crippen LogP contribution in [0.1, 0.15) is 13.3 Å². The molecule has 0 saturated carbocycles. The Kier molecular flexibility index (Phi) is 5.34. The molecule has 0 saturated heterocycles. The lowest BCUT2D eigenvalue weighted by Crippen LogP contribution is -2.48. The zero-order valence-electron chi connectivity index (χ0n) is 8.24. The first kappa shape index (κ1) is 13.1. The minimum atomic E-state index is -1.91. The molecule has 0 fully saturated rings. The summed E-state index contributed by atoms with van der Waals surface area (Å²) >= 11 is 0. The van der Waals surface area contributed by atoms with E-state index < -0.39 is 18.2 Å². The number of hydrogen-bond acceptors (Lipinski definition) is 3. The minimum Gasteiger partial charge on any atom is -0.480 e. The second-order valence-corrected chi connectivity index (χ2v) is 3.24. The molecule has 5 N–H and O–H groups in total. The molecule has 0 radical (unpaired) electrons. The molecule has 2 atom stereocenters. The van der Waals surface area contributed by atoms with Gasteiger partial charge in [-0.2, -0.15) is 0 Å². The average Bonchev–Trinajstić information content (AvgIpc) is 2.18. The minimum absolute atomic E-state index is 0.0452. The van der Waals surface area contributed by atoms with Gasteiger partial charge in [0.15, 0.2) is 5.54 Å². The van der Waals surface area contributed by atoms with Crippen molar-refractivity contribution in [2.24, 2.45) is 17.4 Å². The number of carboxylic acid groups (broad SMARTS) is 1. The normalized spacial score (nSPS) is 18.0. The van der Waals surface area contributed by atoms with Crippen molar-refractivity contribution in [1.29, 1.82) is 0 Å². The van der Waals surface area contributed by atoms with E-state index in [-0.39, 0.29) is 5.92 Å². The van der Waals surface area contributed by atoms with Crippen molar-refractivity contribution in [2.75, 3.05) is 13.2 Å². The summed E-state index contributed by atoms with van der Waals surface area (Å²) in [5, 5.41) is 8.64. The number of aliphatic carboxylic acids is 1. The molecule has 0 aromatic rings. The molecule has 82 valence electrons. The Labute approximate surface area is 82.8 Å². The Bertz CT molecular complexity index is 217. The number of alkyl halides is 1. The van der Waals surface area contributed by atoms with Crippen LogP contribution in [-0.4, -0.2) is 29.8 Å². The summed E-state index contributed by atoms with van der Waals surface area (Å²) < 4.78 is 12.4. The monoisotopic (exact) mass is 204 g/mol. The summed E-state index contributed by atoms with van der Waals surface area (Å²) in [6.45, 7) is 1.19. The van der Waals surface area contributed by atoms with E-state index in [0.717, 1.165) is 6.42 Å². The highest BCUT2D eigenvalue weighted by Gasteiger charge is 2.31. The molecule has 5 heteroatoms. The number of carbonyl (C=O) groups is 1. The van der Waals surface area contributed by atoms with Crippen molar-refractivity contribution in [1.82, 2.24) is 0 Å². The molecule has 2 unspecified atom stereocenters. The van der Waals surface area contributed by atoms with Crippen LogP contribution in [0.15, 0.2) is 12.2 Å². The lowest BCUT2D eigenvalue weighted by Gasteiger charge is -2.17. The lowest BCUT2D eigenvalue weighted by atomic mass is 9.98. The summed E-state index contributed by atoms with van der Waals surface area (Å²) in [7, 11) is 0. The Hall–Kier alpha value is -0.940. The van der Waals surface area contributed by atoms with Gasteiger partial charge in [0.2, 0.25) is 0 Å². The quantitative estimate of drug-likeness (QED) is 0.542. The van der Waals surface area contributed by atoms with Crippen LogP contribution < -0.4 is 11.5 Å². The van der Waals surface area contributed by atoms with E-state index in [1.54, 1.807) is 6.08 Å². The van der Waals surface area contributed by atoms with Crippen molar-refractivity contribution in [3.63, 3.8) is 0 Å². The van der Waals surface area contributed by atoms with Gasteiger partial charge in [-0.3, -0.25) is 0 Å². The first-order chi connectivity index (χ1) is 6.50. The second kappa shape index (κ2) is 5.72. The Balaban J connectivity index is 4.51. The molecule has 14 heavy (non-hydrogen) atoms. The third-order valence-corrected chi connectivity index (χ3v) is 2.11. The lowest BCUT2D eigenvalue weighted by molar-refractivity contribution is -0.141. The van der Waals surface area contributed by atoms with Crippen molar-refractivity contribution in [3.05, 3.63) is 12.2 Å². The van der Waals surface area contributed by atoms with Crippen molar-refractivity contribution in [3.8, 4) is 0 Å². The van der Waals surface area contributed by atoms with Crippen LogP contribution in [0.3, 0.4) is 0 Å². The largest absolute Gasteiger partial charge is 0.480 e. The maximum absolute atomic E-state index is 12.4. The van der Waals surface area contributed by atoms with Crippen LogP contribution in [0.4, 0.5) is 4.39 Å². The zero-order chi connectivity index (χ0) is 11.2. The van der Waals surface area contributed by atoms with Crippen LogP contribution in [-0.2, 0) is 4.79 Å². The molecule has 0 rings (SSSR count). The Morgan fingerprint density at radius 1 is 1.71 bits per heavy atom. The first-order valence-corrected chi connectivity index (χ1v) is 4.47. The molecule has 0 aliphatic rings. The summed E-state index contributed by atoms with van der Waals surface area (Å²) in [6, 6.07) is 0. The maximum Gasteiger partial charge on any atom is 0.330 e. The fourth-order valence-corrected chi connectivity index (χ4v) is 0.862. The number of carboxylic acids is 1. The smallest absolute Gasteiger partial charge is 0.330 e. The van der Waals surface area contributed by atoms with Gasteiger partial charge in [0.25, 0.3) is 0 Å². The summed E-state index contributed by atoms with van der Waals surface area (Å²) in [4.78, 5) is 10.6. The molecule has 0 aliphatic carbocycles. The predicted molar refractivity (Wildman–Crippen MR) is 52.5 cm³/mol. The van der Waals surface area contributed by atoms with E-state index in [4.69, 9.17) is 16.6 Å². The fraction of sp³-hybridized carbons (Fsp3) is 0.667. The van der Waals surface area contributed by atoms with E-state index >= 15 is 0 Å². The molecular weight excluding hydrogens is 187 g/mol. The maximum atomic E-state index is 12.4. The molecule has 0 aromatic heterocycles. The van der Waals surface area contributed by atoms with Gasteiger partial charge in [-0.1, -0.05) is 19.1 Å². The number of halogens is 1. The second-order valence-electron chi connectivity index (χ2n) is 3.24. The van der Waals surface area contributed by atoms with Gasteiger partial charge in [-0.05, 0) is 18.9 Å². The molecule has 0 bridgehead atoms. The Morgan fingerprint density at radius 3 is 2.57 bits per heavy atom. The van der Waals surface area contributed by atoms with Gasteiger partial charge in [0, 0.05) is 0 Å². The number of rotatable bonds is 6. The molecule has 0 amide bonds. The van der Waals surface area contributed by atoms with Crippen LogP contribution in [0.5, 0.6) is 0 Å². The molecular formula is C9H17FN2O2. The van der Waals surface area contributed by atoms with Crippen LogP contribution in [0.2, 0.25) is 0 Å². The van der Waals surface area contributed by atoms with Gasteiger partial charge >= 0.3 is 5.97 Å². The predicted octanol–water partition coefficient (Wildman–Crippen LogP) is 0.279. The molecule has 0 aliphatic heterocycles. The molecule has 0 aromatic carbocycles. The molecule has 0 spiro atoms. The topological polar surface area (TPSA) is 89.3 Å². The fourth-order valence-electron chi connectivity index (χ4n) is 0.862. The van der Waals surface area contributed by atoms with Crippen molar-refractivity contribution in [2.45, 2.75) is 18.9 Å². The van der Waals surface area contributed by atoms with Crippen molar-refractivity contribution < 1.29 is 14.3 Å². The number of nitrogens with two attached hydrogens (primary N) is 2. The summed E-state index contributed by atoms with van der Waals surface area (Å²) in [6.07, 6.45) is 3.51. The van der Waals surface area contributed by atoms with E-state index in [1.165, 1.54) is 6.08 Å². The highest BCUT2D eigenvalue weighted by Crippen LogP contribution is 2.09. The summed E-state index contributed by atoms with van der Waals surface area (Å²) in [5.74, 6) is -1.33. The van der Waals surface area contributed by atoms with Gasteiger partial charge in [-0.25, -0.2) is 9.18 Å². The number of hydrogen-bond donors (Lipinski definition) is 3. The third-order valence-electron chi connectivity index (χ3n) is 2.11.